The lowest BCUT2D eigenvalue weighted by molar-refractivity contribution is 0.920. The van der Waals surface area contributed by atoms with Crippen LogP contribution in [0.1, 0.15) is 16.7 Å². The van der Waals surface area contributed by atoms with Crippen molar-refractivity contribution in [2.75, 3.05) is 11.9 Å². The Morgan fingerprint density at radius 2 is 1.90 bits per heavy atom. The number of rotatable bonds is 3. The van der Waals surface area contributed by atoms with Gasteiger partial charge in [0.05, 0.1) is 22.9 Å². The maximum absolute atomic E-state index is 9.20. The molecular weight excluding hydrogens is 314 g/mol. The number of halogens is 1. The molecule has 0 N–H and O–H groups in total. The maximum atomic E-state index is 9.20. The highest BCUT2D eigenvalue weighted by atomic mass is 79.9. The van der Waals surface area contributed by atoms with Crippen molar-refractivity contribution in [3.63, 3.8) is 0 Å². The van der Waals surface area contributed by atoms with E-state index >= 15 is 0 Å². The molecule has 0 spiro atoms. The number of nitrogens with zero attached hydrogens (tertiary/aromatic N) is 3. The minimum absolute atomic E-state index is 0.623. The minimum atomic E-state index is 0.623. The average molecular weight is 326 g/mol. The predicted molar refractivity (Wildman–Crippen MR) is 82.1 cm³/mol. The Morgan fingerprint density at radius 3 is 2.60 bits per heavy atom. The molecule has 0 saturated heterocycles. The van der Waals surface area contributed by atoms with Crippen molar-refractivity contribution >= 4 is 21.6 Å². The number of hydrogen-bond acceptors (Lipinski definition) is 3. The van der Waals surface area contributed by atoms with Crippen LogP contribution in [-0.4, -0.2) is 7.05 Å². The number of hydrogen-bond donors (Lipinski definition) is 0. The van der Waals surface area contributed by atoms with Crippen LogP contribution in [0.4, 0.5) is 5.69 Å². The first-order valence-corrected chi connectivity index (χ1v) is 6.83. The van der Waals surface area contributed by atoms with Crippen LogP contribution in [0.3, 0.4) is 0 Å². The fraction of sp³-hybridized carbons (Fsp3) is 0.125. The first-order valence-electron chi connectivity index (χ1n) is 6.04. The van der Waals surface area contributed by atoms with E-state index in [1.165, 1.54) is 0 Å². The molecule has 0 aliphatic carbocycles. The highest BCUT2D eigenvalue weighted by molar-refractivity contribution is 9.10. The van der Waals surface area contributed by atoms with Gasteiger partial charge in [0.2, 0.25) is 0 Å². The van der Waals surface area contributed by atoms with Crippen molar-refractivity contribution in [3.8, 4) is 12.1 Å². The standard InChI is InChI=1S/C16H12BrN3/c1-20(11-13-4-2-3-12(7-13)9-18)16-6-5-15(17)8-14(16)10-19/h2-8H,11H2,1H3. The van der Waals surface area contributed by atoms with Gasteiger partial charge in [0.15, 0.2) is 0 Å². The Hall–Kier alpha value is -2.30. The first kappa shape index (κ1) is 14.1. The van der Waals surface area contributed by atoms with Crippen LogP contribution in [0.5, 0.6) is 0 Å². The third kappa shape index (κ3) is 3.17. The Bertz CT molecular complexity index is 710. The minimum Gasteiger partial charge on any atom is -0.369 e. The molecule has 0 amide bonds. The van der Waals surface area contributed by atoms with E-state index in [4.69, 9.17) is 5.26 Å². The number of benzene rings is 2. The fourth-order valence-electron chi connectivity index (χ4n) is 2.03. The smallest absolute Gasteiger partial charge is 0.101 e. The summed E-state index contributed by atoms with van der Waals surface area (Å²) in [6, 6.07) is 17.5. The molecule has 2 rings (SSSR count). The van der Waals surface area contributed by atoms with Crippen molar-refractivity contribution in [3.05, 3.63) is 63.6 Å². The SMILES string of the molecule is CN(Cc1cccc(C#N)c1)c1ccc(Br)cc1C#N. The van der Waals surface area contributed by atoms with Gasteiger partial charge in [-0.25, -0.2) is 0 Å². The summed E-state index contributed by atoms with van der Waals surface area (Å²) in [4.78, 5) is 2.00. The molecule has 0 aliphatic rings. The van der Waals surface area contributed by atoms with E-state index < -0.39 is 0 Å². The summed E-state index contributed by atoms with van der Waals surface area (Å²) in [5.41, 5.74) is 3.18. The second-order valence-electron chi connectivity index (χ2n) is 4.44. The van der Waals surface area contributed by atoms with E-state index in [1.54, 1.807) is 12.1 Å². The van der Waals surface area contributed by atoms with Crippen LogP contribution in [0.25, 0.3) is 0 Å². The molecule has 98 valence electrons. The quantitative estimate of drug-likeness (QED) is 0.861. The lowest BCUT2D eigenvalue weighted by atomic mass is 10.1. The molecule has 0 unspecified atom stereocenters. The molecule has 0 fully saturated rings. The second-order valence-corrected chi connectivity index (χ2v) is 5.36. The average Bonchev–Trinajstić information content (AvgIpc) is 2.47. The topological polar surface area (TPSA) is 50.8 Å². The normalized spacial score (nSPS) is 9.60. The van der Waals surface area contributed by atoms with Crippen LogP contribution in [0.2, 0.25) is 0 Å². The van der Waals surface area contributed by atoms with Crippen molar-refractivity contribution in [2.24, 2.45) is 0 Å². The summed E-state index contributed by atoms with van der Waals surface area (Å²) in [6.07, 6.45) is 0. The number of nitriles is 2. The zero-order valence-corrected chi connectivity index (χ0v) is 12.6. The van der Waals surface area contributed by atoms with E-state index in [2.05, 4.69) is 28.1 Å². The van der Waals surface area contributed by atoms with Crippen LogP contribution >= 0.6 is 15.9 Å². The van der Waals surface area contributed by atoms with Gasteiger partial charge in [-0.1, -0.05) is 28.1 Å². The Balaban J connectivity index is 2.26. The molecular formula is C16H12BrN3. The summed E-state index contributed by atoms with van der Waals surface area (Å²) < 4.78 is 0.887. The van der Waals surface area contributed by atoms with Gasteiger partial charge in [-0.3, -0.25) is 0 Å². The largest absolute Gasteiger partial charge is 0.369 e. The highest BCUT2D eigenvalue weighted by Gasteiger charge is 2.08. The van der Waals surface area contributed by atoms with Gasteiger partial charge in [0, 0.05) is 18.1 Å². The van der Waals surface area contributed by atoms with Crippen LogP contribution in [0, 0.1) is 22.7 Å². The van der Waals surface area contributed by atoms with Gasteiger partial charge in [-0.05, 0) is 35.9 Å². The third-order valence-electron chi connectivity index (χ3n) is 2.97. The van der Waals surface area contributed by atoms with E-state index in [1.807, 2.05) is 42.3 Å². The number of anilines is 1. The van der Waals surface area contributed by atoms with Gasteiger partial charge in [0.1, 0.15) is 6.07 Å². The van der Waals surface area contributed by atoms with Gasteiger partial charge < -0.3 is 4.90 Å². The van der Waals surface area contributed by atoms with E-state index in [-0.39, 0.29) is 0 Å². The molecule has 0 saturated carbocycles. The summed E-state index contributed by atoms with van der Waals surface area (Å²) >= 11 is 3.37. The van der Waals surface area contributed by atoms with Gasteiger partial charge in [0.25, 0.3) is 0 Å². The second kappa shape index (κ2) is 6.23. The monoisotopic (exact) mass is 325 g/mol. The molecule has 2 aromatic rings. The lowest BCUT2D eigenvalue weighted by Gasteiger charge is -2.20. The molecule has 0 aromatic heterocycles. The zero-order valence-electron chi connectivity index (χ0n) is 11.0. The van der Waals surface area contributed by atoms with Crippen LogP contribution in [0.15, 0.2) is 46.9 Å². The van der Waals surface area contributed by atoms with E-state index in [0.29, 0.717) is 17.7 Å². The molecule has 0 radical (unpaired) electrons. The summed E-state index contributed by atoms with van der Waals surface area (Å²) in [6.45, 7) is 0.645. The molecule has 0 atom stereocenters. The van der Waals surface area contributed by atoms with E-state index in [0.717, 1.165) is 15.7 Å². The first-order chi connectivity index (χ1) is 9.63. The van der Waals surface area contributed by atoms with Crippen molar-refractivity contribution < 1.29 is 0 Å². The van der Waals surface area contributed by atoms with Crippen molar-refractivity contribution in [1.82, 2.24) is 0 Å². The van der Waals surface area contributed by atoms with Gasteiger partial charge >= 0.3 is 0 Å². The summed E-state index contributed by atoms with van der Waals surface area (Å²) in [5.74, 6) is 0. The summed E-state index contributed by atoms with van der Waals surface area (Å²) in [5, 5.41) is 18.1. The van der Waals surface area contributed by atoms with Gasteiger partial charge in [-0.15, -0.1) is 0 Å². The molecule has 2 aromatic carbocycles. The van der Waals surface area contributed by atoms with Crippen LogP contribution in [-0.2, 0) is 6.54 Å². The molecule has 3 nitrogen and oxygen atoms in total. The van der Waals surface area contributed by atoms with Crippen LogP contribution < -0.4 is 4.90 Å². The fourth-order valence-corrected chi connectivity index (χ4v) is 2.39. The Morgan fingerprint density at radius 1 is 1.10 bits per heavy atom. The molecule has 0 bridgehead atoms. The van der Waals surface area contributed by atoms with Gasteiger partial charge in [-0.2, -0.15) is 10.5 Å². The molecule has 4 heteroatoms. The lowest BCUT2D eigenvalue weighted by Crippen LogP contribution is -2.17. The zero-order chi connectivity index (χ0) is 14.5. The molecule has 0 aliphatic heterocycles. The van der Waals surface area contributed by atoms with E-state index in [9.17, 15) is 5.26 Å². The van der Waals surface area contributed by atoms with Crippen molar-refractivity contribution in [2.45, 2.75) is 6.54 Å². The third-order valence-corrected chi connectivity index (χ3v) is 3.46. The Labute approximate surface area is 126 Å². The Kier molecular flexibility index (Phi) is 4.40. The summed E-state index contributed by atoms with van der Waals surface area (Å²) in [7, 11) is 1.93. The maximum Gasteiger partial charge on any atom is 0.101 e. The molecule has 0 heterocycles. The van der Waals surface area contributed by atoms with Crippen molar-refractivity contribution in [1.29, 1.82) is 10.5 Å². The highest BCUT2D eigenvalue weighted by Crippen LogP contribution is 2.24. The predicted octanol–water partition coefficient (Wildman–Crippen LogP) is 3.83. The molecule has 20 heavy (non-hydrogen) atoms.